The highest BCUT2D eigenvalue weighted by atomic mass is 35.5. The van der Waals surface area contributed by atoms with Crippen LogP contribution >= 0.6 is 12.4 Å². The van der Waals surface area contributed by atoms with Crippen molar-refractivity contribution < 1.29 is 14.3 Å². The van der Waals surface area contributed by atoms with Crippen LogP contribution in [0.5, 0.6) is 5.75 Å². The molecule has 6 heteroatoms. The summed E-state index contributed by atoms with van der Waals surface area (Å²) in [5, 5.41) is 2.95. The summed E-state index contributed by atoms with van der Waals surface area (Å²) in [4.78, 5) is 14.3. The van der Waals surface area contributed by atoms with Crippen molar-refractivity contribution in [2.75, 3.05) is 46.0 Å². The van der Waals surface area contributed by atoms with E-state index in [1.807, 2.05) is 19.1 Å². The van der Waals surface area contributed by atoms with E-state index in [2.05, 4.69) is 10.2 Å². The fraction of sp³-hybridized carbons (Fsp3) is 0.562. The van der Waals surface area contributed by atoms with E-state index < -0.39 is 0 Å². The highest BCUT2D eigenvalue weighted by Crippen LogP contribution is 2.11. The van der Waals surface area contributed by atoms with Gasteiger partial charge in [0.2, 0.25) is 0 Å². The maximum atomic E-state index is 12.0. The Hall–Kier alpha value is -1.30. The monoisotopic (exact) mass is 328 g/mol. The van der Waals surface area contributed by atoms with Crippen LogP contribution in [0.3, 0.4) is 0 Å². The summed E-state index contributed by atoms with van der Waals surface area (Å²) < 4.78 is 10.7. The second-order valence-corrected chi connectivity index (χ2v) is 5.02. The highest BCUT2D eigenvalue weighted by Gasteiger charge is 2.10. The van der Waals surface area contributed by atoms with Crippen LogP contribution in [0.4, 0.5) is 0 Å². The molecule has 1 aliphatic rings. The van der Waals surface area contributed by atoms with E-state index in [1.54, 1.807) is 12.1 Å². The molecular weight excluding hydrogens is 304 g/mol. The predicted molar refractivity (Wildman–Crippen MR) is 89.1 cm³/mol. The van der Waals surface area contributed by atoms with Crippen molar-refractivity contribution in [1.29, 1.82) is 0 Å². The number of ether oxygens (including phenoxy) is 2. The molecule has 0 atom stereocenters. The molecule has 1 fully saturated rings. The van der Waals surface area contributed by atoms with Gasteiger partial charge in [0.05, 0.1) is 19.8 Å². The summed E-state index contributed by atoms with van der Waals surface area (Å²) >= 11 is 0. The molecule has 22 heavy (non-hydrogen) atoms. The van der Waals surface area contributed by atoms with Gasteiger partial charge < -0.3 is 14.8 Å². The maximum Gasteiger partial charge on any atom is 0.251 e. The number of nitrogens with one attached hydrogen (secondary N) is 1. The lowest BCUT2D eigenvalue weighted by Crippen LogP contribution is -2.38. The summed E-state index contributed by atoms with van der Waals surface area (Å²) in [6.45, 7) is 7.90. The van der Waals surface area contributed by atoms with Gasteiger partial charge in [0.25, 0.3) is 5.91 Å². The van der Waals surface area contributed by atoms with Gasteiger partial charge in [-0.2, -0.15) is 0 Å². The number of hydrogen-bond acceptors (Lipinski definition) is 4. The Balaban J connectivity index is 0.00000242. The molecule has 0 radical (unpaired) electrons. The predicted octanol–water partition coefficient (Wildman–Crippen LogP) is 1.96. The average molecular weight is 329 g/mol. The zero-order valence-corrected chi connectivity index (χ0v) is 13.9. The molecule has 2 rings (SSSR count). The van der Waals surface area contributed by atoms with Gasteiger partial charge in [0.15, 0.2) is 0 Å². The number of nitrogens with zero attached hydrogens (tertiary/aromatic N) is 1. The number of hydrogen-bond donors (Lipinski definition) is 1. The smallest absolute Gasteiger partial charge is 0.251 e. The molecule has 1 aliphatic heterocycles. The Morgan fingerprint density at radius 2 is 1.95 bits per heavy atom. The molecule has 1 heterocycles. The van der Waals surface area contributed by atoms with Crippen LogP contribution in [0.1, 0.15) is 23.7 Å². The van der Waals surface area contributed by atoms with Crippen LogP contribution in [0, 0.1) is 0 Å². The quantitative estimate of drug-likeness (QED) is 0.777. The van der Waals surface area contributed by atoms with Gasteiger partial charge in [-0.1, -0.05) is 0 Å². The average Bonchev–Trinajstić information content (AvgIpc) is 2.53. The third-order valence-electron chi connectivity index (χ3n) is 3.47. The number of halogens is 1. The van der Waals surface area contributed by atoms with Gasteiger partial charge in [0, 0.05) is 25.2 Å². The molecular formula is C16H25ClN2O3. The van der Waals surface area contributed by atoms with Crippen molar-refractivity contribution in [3.05, 3.63) is 29.8 Å². The standard InChI is InChI=1S/C16H24N2O3.ClH/c1-2-21-15-6-4-14(5-7-15)16(19)17-8-3-9-18-10-12-20-13-11-18;/h4-7H,2-3,8-13H2,1H3,(H,17,19);1H. The summed E-state index contributed by atoms with van der Waals surface area (Å²) in [5.41, 5.74) is 0.671. The van der Waals surface area contributed by atoms with Crippen molar-refractivity contribution >= 4 is 18.3 Å². The minimum absolute atomic E-state index is 0. The van der Waals surface area contributed by atoms with Crippen molar-refractivity contribution in [3.8, 4) is 5.75 Å². The fourth-order valence-corrected chi connectivity index (χ4v) is 2.30. The molecule has 1 saturated heterocycles. The minimum atomic E-state index is -0.0278. The normalized spacial score (nSPS) is 15.0. The van der Waals surface area contributed by atoms with Gasteiger partial charge in [-0.25, -0.2) is 0 Å². The van der Waals surface area contributed by atoms with Gasteiger partial charge in [-0.3, -0.25) is 9.69 Å². The Morgan fingerprint density at radius 3 is 2.59 bits per heavy atom. The van der Waals surface area contributed by atoms with E-state index in [9.17, 15) is 4.79 Å². The largest absolute Gasteiger partial charge is 0.494 e. The van der Waals surface area contributed by atoms with Gasteiger partial charge >= 0.3 is 0 Å². The SMILES string of the molecule is CCOc1ccc(C(=O)NCCCN2CCOCC2)cc1.Cl. The van der Waals surface area contributed by atoms with E-state index in [1.165, 1.54) is 0 Å². The Bertz CT molecular complexity index is 434. The fourth-order valence-electron chi connectivity index (χ4n) is 2.30. The van der Waals surface area contributed by atoms with Gasteiger partial charge in [0.1, 0.15) is 5.75 Å². The van der Waals surface area contributed by atoms with Crippen molar-refractivity contribution in [3.63, 3.8) is 0 Å². The van der Waals surface area contributed by atoms with Crippen LogP contribution in [0.2, 0.25) is 0 Å². The second kappa shape index (κ2) is 10.4. The Kier molecular flexibility index (Phi) is 8.89. The van der Waals surface area contributed by atoms with Crippen molar-refractivity contribution in [1.82, 2.24) is 10.2 Å². The Morgan fingerprint density at radius 1 is 1.27 bits per heavy atom. The van der Waals surface area contributed by atoms with Crippen molar-refractivity contribution in [2.24, 2.45) is 0 Å². The minimum Gasteiger partial charge on any atom is -0.494 e. The number of rotatable bonds is 7. The zero-order chi connectivity index (χ0) is 14.9. The molecule has 124 valence electrons. The molecule has 1 N–H and O–H groups in total. The van der Waals surface area contributed by atoms with E-state index in [0.29, 0.717) is 18.7 Å². The topological polar surface area (TPSA) is 50.8 Å². The number of amides is 1. The first-order valence-electron chi connectivity index (χ1n) is 7.60. The molecule has 0 saturated carbocycles. The van der Waals surface area contributed by atoms with E-state index in [-0.39, 0.29) is 18.3 Å². The molecule has 0 bridgehead atoms. The highest BCUT2D eigenvalue weighted by molar-refractivity contribution is 5.94. The molecule has 1 aromatic carbocycles. The summed E-state index contributed by atoms with van der Waals surface area (Å²) in [7, 11) is 0. The molecule has 0 aromatic heterocycles. The number of carbonyl (C=O) groups excluding carboxylic acids is 1. The number of morpholine rings is 1. The first-order valence-corrected chi connectivity index (χ1v) is 7.60. The molecule has 5 nitrogen and oxygen atoms in total. The second-order valence-electron chi connectivity index (χ2n) is 5.02. The first-order chi connectivity index (χ1) is 10.3. The van der Waals surface area contributed by atoms with Crippen LogP contribution in [0.15, 0.2) is 24.3 Å². The first kappa shape index (κ1) is 18.7. The number of benzene rings is 1. The molecule has 0 unspecified atom stereocenters. The van der Waals surface area contributed by atoms with Crippen LogP contribution in [-0.4, -0.2) is 56.8 Å². The van der Waals surface area contributed by atoms with Crippen LogP contribution < -0.4 is 10.1 Å². The van der Waals surface area contributed by atoms with E-state index in [4.69, 9.17) is 9.47 Å². The van der Waals surface area contributed by atoms with Gasteiger partial charge in [-0.15, -0.1) is 12.4 Å². The molecule has 1 amide bonds. The molecule has 1 aromatic rings. The summed E-state index contributed by atoms with van der Waals surface area (Å²) in [5.74, 6) is 0.765. The number of carbonyl (C=O) groups is 1. The van der Waals surface area contributed by atoms with E-state index in [0.717, 1.165) is 45.0 Å². The summed E-state index contributed by atoms with van der Waals surface area (Å²) in [6.07, 6.45) is 0.961. The summed E-state index contributed by atoms with van der Waals surface area (Å²) in [6, 6.07) is 7.24. The molecule has 0 spiro atoms. The zero-order valence-electron chi connectivity index (χ0n) is 13.0. The van der Waals surface area contributed by atoms with Crippen LogP contribution in [-0.2, 0) is 4.74 Å². The lowest BCUT2D eigenvalue weighted by Gasteiger charge is -2.26. The lowest BCUT2D eigenvalue weighted by molar-refractivity contribution is 0.0374. The van der Waals surface area contributed by atoms with Crippen LogP contribution in [0.25, 0.3) is 0 Å². The van der Waals surface area contributed by atoms with Gasteiger partial charge in [-0.05, 0) is 44.2 Å². The third-order valence-corrected chi connectivity index (χ3v) is 3.47. The lowest BCUT2D eigenvalue weighted by atomic mass is 10.2. The van der Waals surface area contributed by atoms with E-state index >= 15 is 0 Å². The third kappa shape index (κ3) is 6.22. The Labute approximate surface area is 138 Å². The maximum absolute atomic E-state index is 12.0. The molecule has 0 aliphatic carbocycles. The van der Waals surface area contributed by atoms with Crippen molar-refractivity contribution in [2.45, 2.75) is 13.3 Å².